The van der Waals surface area contributed by atoms with E-state index in [0.29, 0.717) is 37.0 Å². The number of carbonyl (C=O) groups excluding carboxylic acids is 2. The number of rotatable bonds is 10. The van der Waals surface area contributed by atoms with E-state index in [1.54, 1.807) is 12.0 Å². The highest BCUT2D eigenvalue weighted by molar-refractivity contribution is 8.15. The van der Waals surface area contributed by atoms with Crippen molar-refractivity contribution in [1.82, 2.24) is 4.90 Å². The first-order valence-electron chi connectivity index (χ1n) is 11.6. The molecule has 1 aliphatic rings. The van der Waals surface area contributed by atoms with Crippen LogP contribution in [0.5, 0.6) is 5.75 Å². The van der Waals surface area contributed by atoms with Crippen molar-refractivity contribution in [1.29, 1.82) is 0 Å². The number of amides is 2. The number of thioether (sulfide) groups is 1. The molecule has 1 aliphatic heterocycles. The molecule has 1 unspecified atom stereocenters. The largest absolute Gasteiger partial charge is 0.497 e. The number of nitrogens with zero attached hydrogens (tertiary/aromatic N) is 2. The fourth-order valence-corrected chi connectivity index (χ4v) is 5.00. The number of carbonyl (C=O) groups is 2. The molecule has 1 fully saturated rings. The minimum atomic E-state index is -0.528. The zero-order valence-corrected chi connectivity index (χ0v) is 20.7. The summed E-state index contributed by atoms with van der Waals surface area (Å²) < 4.78 is 10.6. The van der Waals surface area contributed by atoms with E-state index in [9.17, 15) is 9.59 Å². The van der Waals surface area contributed by atoms with Crippen molar-refractivity contribution in [2.24, 2.45) is 4.99 Å². The van der Waals surface area contributed by atoms with Gasteiger partial charge in [0.25, 0.3) is 0 Å². The maximum absolute atomic E-state index is 13.2. The number of amidine groups is 1. The number of nitrogens with one attached hydrogen (secondary N) is 1. The van der Waals surface area contributed by atoms with E-state index >= 15 is 0 Å². The van der Waals surface area contributed by atoms with Crippen LogP contribution in [0.1, 0.15) is 19.8 Å². The Bertz CT molecular complexity index is 1210. The van der Waals surface area contributed by atoms with Crippen LogP contribution in [0, 0.1) is 0 Å². The standard InChI is InChI=1S/C27H29N3O4S/c1-3-34-16-6-15-30-26(32)24(35-27(30)29-21-11-13-23(33-2)14-12-21)18-25(31)28-22-10-9-19-7-4-5-8-20(19)17-22/h4-5,7-14,17,24H,3,6,15-16,18H2,1-2H3,(H,28,31). The first-order chi connectivity index (χ1) is 17.1. The minimum Gasteiger partial charge on any atom is -0.497 e. The van der Waals surface area contributed by atoms with Crippen molar-refractivity contribution in [3.05, 3.63) is 66.7 Å². The van der Waals surface area contributed by atoms with Gasteiger partial charge in [0.15, 0.2) is 5.17 Å². The van der Waals surface area contributed by atoms with E-state index in [4.69, 9.17) is 14.5 Å². The SMILES string of the molecule is CCOCCCN1C(=O)C(CC(=O)Nc2ccc3ccccc3c2)SC1=Nc1ccc(OC)cc1. The predicted molar refractivity (Wildman–Crippen MR) is 141 cm³/mol. The first-order valence-corrected chi connectivity index (χ1v) is 12.5. The Hall–Kier alpha value is -3.36. The van der Waals surface area contributed by atoms with Crippen LogP contribution in [0.3, 0.4) is 0 Å². The zero-order valence-electron chi connectivity index (χ0n) is 19.9. The molecule has 0 spiro atoms. The van der Waals surface area contributed by atoms with E-state index in [1.165, 1.54) is 11.8 Å². The van der Waals surface area contributed by atoms with Gasteiger partial charge in [-0.1, -0.05) is 42.1 Å². The quantitative estimate of drug-likeness (QED) is 0.393. The van der Waals surface area contributed by atoms with Crippen LogP contribution < -0.4 is 10.1 Å². The second-order valence-corrected chi connectivity index (χ2v) is 9.22. The van der Waals surface area contributed by atoms with Gasteiger partial charge in [0, 0.05) is 31.9 Å². The lowest BCUT2D eigenvalue weighted by Crippen LogP contribution is -2.34. The molecular formula is C27H29N3O4S. The van der Waals surface area contributed by atoms with Gasteiger partial charge in [-0.15, -0.1) is 0 Å². The van der Waals surface area contributed by atoms with Crippen LogP contribution in [0.15, 0.2) is 71.7 Å². The Morgan fingerprint density at radius 2 is 1.86 bits per heavy atom. The molecule has 1 saturated heterocycles. The van der Waals surface area contributed by atoms with Gasteiger partial charge < -0.3 is 14.8 Å². The lowest BCUT2D eigenvalue weighted by atomic mass is 10.1. The van der Waals surface area contributed by atoms with Crippen molar-refractivity contribution < 1.29 is 19.1 Å². The van der Waals surface area contributed by atoms with Crippen LogP contribution in [-0.4, -0.2) is 54.0 Å². The Morgan fingerprint density at radius 1 is 1.09 bits per heavy atom. The Balaban J connectivity index is 1.46. The summed E-state index contributed by atoms with van der Waals surface area (Å²) in [6.07, 6.45) is 0.762. The average Bonchev–Trinajstić information content (AvgIpc) is 3.15. The summed E-state index contributed by atoms with van der Waals surface area (Å²) in [5.41, 5.74) is 1.43. The number of ether oxygens (including phenoxy) is 2. The first kappa shape index (κ1) is 24.8. The number of hydrogen-bond donors (Lipinski definition) is 1. The van der Waals surface area contributed by atoms with Gasteiger partial charge in [-0.25, -0.2) is 4.99 Å². The normalized spacial score (nSPS) is 16.7. The average molecular weight is 492 g/mol. The van der Waals surface area contributed by atoms with Crippen molar-refractivity contribution in [2.75, 3.05) is 32.2 Å². The molecule has 0 aromatic heterocycles. The van der Waals surface area contributed by atoms with Gasteiger partial charge in [-0.3, -0.25) is 14.5 Å². The molecule has 0 radical (unpaired) electrons. The lowest BCUT2D eigenvalue weighted by Gasteiger charge is -2.16. The molecule has 1 atom stereocenters. The molecule has 182 valence electrons. The highest BCUT2D eigenvalue weighted by Crippen LogP contribution is 2.32. The van der Waals surface area contributed by atoms with Gasteiger partial charge in [-0.05, 0) is 60.5 Å². The zero-order chi connectivity index (χ0) is 24.6. The van der Waals surface area contributed by atoms with E-state index in [0.717, 1.165) is 22.2 Å². The fourth-order valence-electron chi connectivity index (χ4n) is 3.81. The number of fused-ring (bicyclic) bond motifs is 1. The summed E-state index contributed by atoms with van der Waals surface area (Å²) in [6.45, 7) is 3.63. The molecular weight excluding hydrogens is 462 g/mol. The molecule has 3 aromatic carbocycles. The molecule has 1 N–H and O–H groups in total. The van der Waals surface area contributed by atoms with Gasteiger partial charge >= 0.3 is 0 Å². The summed E-state index contributed by atoms with van der Waals surface area (Å²) >= 11 is 1.33. The molecule has 8 heteroatoms. The third-order valence-corrected chi connectivity index (χ3v) is 6.77. The monoisotopic (exact) mass is 491 g/mol. The number of benzene rings is 3. The molecule has 1 heterocycles. The Labute approximate surface area is 209 Å². The van der Waals surface area contributed by atoms with Crippen LogP contribution in [-0.2, 0) is 14.3 Å². The molecule has 4 rings (SSSR count). The summed E-state index contributed by atoms with van der Waals surface area (Å²) in [5.74, 6) is 0.430. The van der Waals surface area contributed by atoms with Gasteiger partial charge in [-0.2, -0.15) is 0 Å². The molecule has 3 aromatic rings. The van der Waals surface area contributed by atoms with Gasteiger partial charge in [0.2, 0.25) is 11.8 Å². The van der Waals surface area contributed by atoms with Crippen molar-refractivity contribution >= 4 is 50.9 Å². The third kappa shape index (κ3) is 6.41. The number of anilines is 1. The second-order valence-electron chi connectivity index (χ2n) is 8.05. The smallest absolute Gasteiger partial charge is 0.242 e. The van der Waals surface area contributed by atoms with Crippen LogP contribution in [0.4, 0.5) is 11.4 Å². The topological polar surface area (TPSA) is 80.2 Å². The number of methoxy groups -OCH3 is 1. The predicted octanol–water partition coefficient (Wildman–Crippen LogP) is 5.24. The highest BCUT2D eigenvalue weighted by Gasteiger charge is 2.38. The molecule has 2 amide bonds. The van der Waals surface area contributed by atoms with Gasteiger partial charge in [0.05, 0.1) is 12.8 Å². The summed E-state index contributed by atoms with van der Waals surface area (Å²) in [4.78, 5) is 32.4. The minimum absolute atomic E-state index is 0.0694. The summed E-state index contributed by atoms with van der Waals surface area (Å²) in [5, 5.41) is 5.16. The fraction of sp³-hybridized carbons (Fsp3) is 0.296. The van der Waals surface area contributed by atoms with E-state index in [1.807, 2.05) is 73.7 Å². The Morgan fingerprint density at radius 3 is 2.60 bits per heavy atom. The molecule has 0 bridgehead atoms. The van der Waals surface area contributed by atoms with Gasteiger partial charge in [0.1, 0.15) is 11.0 Å². The van der Waals surface area contributed by atoms with Crippen LogP contribution >= 0.6 is 11.8 Å². The number of hydrogen-bond acceptors (Lipinski definition) is 6. The summed E-state index contributed by atoms with van der Waals surface area (Å²) in [6, 6.07) is 21.1. The second kappa shape index (κ2) is 11.9. The van der Waals surface area contributed by atoms with Crippen molar-refractivity contribution in [3.8, 4) is 5.75 Å². The highest BCUT2D eigenvalue weighted by atomic mass is 32.2. The van der Waals surface area contributed by atoms with E-state index in [2.05, 4.69) is 5.32 Å². The van der Waals surface area contributed by atoms with E-state index in [-0.39, 0.29) is 18.2 Å². The Kier molecular flexibility index (Phi) is 8.39. The molecule has 0 saturated carbocycles. The molecule has 35 heavy (non-hydrogen) atoms. The van der Waals surface area contributed by atoms with E-state index < -0.39 is 5.25 Å². The van der Waals surface area contributed by atoms with Crippen LogP contribution in [0.25, 0.3) is 10.8 Å². The molecule has 7 nitrogen and oxygen atoms in total. The van der Waals surface area contributed by atoms with Crippen LogP contribution in [0.2, 0.25) is 0 Å². The van der Waals surface area contributed by atoms with Crippen molar-refractivity contribution in [2.45, 2.75) is 25.0 Å². The molecule has 0 aliphatic carbocycles. The third-order valence-electron chi connectivity index (χ3n) is 5.60. The summed E-state index contributed by atoms with van der Waals surface area (Å²) in [7, 11) is 1.61. The maximum Gasteiger partial charge on any atom is 0.242 e. The lowest BCUT2D eigenvalue weighted by molar-refractivity contribution is -0.128. The van der Waals surface area contributed by atoms with Crippen molar-refractivity contribution in [3.63, 3.8) is 0 Å². The maximum atomic E-state index is 13.2. The number of aliphatic imine (C=N–C) groups is 1.